The summed E-state index contributed by atoms with van der Waals surface area (Å²) >= 11 is 0. The molecule has 0 atom stereocenters. The van der Waals surface area contributed by atoms with Crippen LogP contribution in [0.25, 0.3) is 5.78 Å². The number of anilines is 1. The van der Waals surface area contributed by atoms with Crippen molar-refractivity contribution in [3.05, 3.63) is 58.0 Å². The number of aromatic amines is 1. The van der Waals surface area contributed by atoms with Crippen molar-refractivity contribution in [3.8, 4) is 0 Å². The summed E-state index contributed by atoms with van der Waals surface area (Å²) in [6.07, 6.45) is 2.41. The summed E-state index contributed by atoms with van der Waals surface area (Å²) in [6.45, 7) is 5.76. The number of piperidine rings is 1. The first-order valence-corrected chi connectivity index (χ1v) is 9.16. The lowest BCUT2D eigenvalue weighted by molar-refractivity contribution is 0.183. The molecular formula is C19H24N6O. The average molecular weight is 352 g/mol. The van der Waals surface area contributed by atoms with Crippen LogP contribution in [0.1, 0.15) is 31.0 Å². The highest BCUT2D eigenvalue weighted by Crippen LogP contribution is 2.17. The van der Waals surface area contributed by atoms with Crippen LogP contribution >= 0.6 is 0 Å². The van der Waals surface area contributed by atoms with E-state index in [2.05, 4.69) is 32.2 Å². The molecule has 1 aliphatic rings. The Morgan fingerprint density at radius 3 is 2.73 bits per heavy atom. The summed E-state index contributed by atoms with van der Waals surface area (Å²) in [4.78, 5) is 23.7. The minimum atomic E-state index is -0.129. The minimum absolute atomic E-state index is 0.129. The molecule has 26 heavy (non-hydrogen) atoms. The fourth-order valence-electron chi connectivity index (χ4n) is 3.32. The number of likely N-dealkylation sites (tertiary alicyclic amines) is 1. The zero-order valence-corrected chi connectivity index (χ0v) is 15.0. The van der Waals surface area contributed by atoms with Crippen LogP contribution in [0, 0.1) is 5.92 Å². The van der Waals surface area contributed by atoms with E-state index in [1.807, 2.05) is 30.3 Å². The van der Waals surface area contributed by atoms with E-state index < -0.39 is 0 Å². The van der Waals surface area contributed by atoms with Crippen LogP contribution in [0.15, 0.2) is 41.2 Å². The van der Waals surface area contributed by atoms with Gasteiger partial charge in [0.15, 0.2) is 0 Å². The third kappa shape index (κ3) is 3.77. The Morgan fingerprint density at radius 1 is 1.19 bits per heavy atom. The van der Waals surface area contributed by atoms with Gasteiger partial charge in [-0.05, 0) is 37.4 Å². The van der Waals surface area contributed by atoms with Crippen molar-refractivity contribution in [2.75, 3.05) is 18.4 Å². The molecule has 4 rings (SSSR count). The van der Waals surface area contributed by atoms with Crippen LogP contribution in [0.5, 0.6) is 0 Å². The SMILES string of the molecule is CC1CCN(Cc2cc(=O)n3[nH]c(NCc4ccccc4)nc3n2)CC1. The van der Waals surface area contributed by atoms with Crippen LogP contribution in [0.2, 0.25) is 0 Å². The monoisotopic (exact) mass is 352 g/mol. The Hall–Kier alpha value is -2.67. The molecule has 2 N–H and O–H groups in total. The third-order valence-electron chi connectivity index (χ3n) is 4.95. The second-order valence-corrected chi connectivity index (χ2v) is 7.09. The van der Waals surface area contributed by atoms with Crippen molar-refractivity contribution in [1.82, 2.24) is 24.5 Å². The smallest absolute Gasteiger partial charge is 0.274 e. The van der Waals surface area contributed by atoms with Crippen LogP contribution in [-0.2, 0) is 13.1 Å². The predicted octanol–water partition coefficient (Wildman–Crippen LogP) is 2.26. The molecule has 2 aromatic heterocycles. The number of hydrogen-bond acceptors (Lipinski definition) is 5. The molecule has 7 nitrogen and oxygen atoms in total. The number of fused-ring (bicyclic) bond motifs is 1. The van der Waals surface area contributed by atoms with E-state index in [0.717, 1.165) is 30.3 Å². The number of rotatable bonds is 5. The van der Waals surface area contributed by atoms with Crippen molar-refractivity contribution in [2.45, 2.75) is 32.9 Å². The number of nitrogens with zero attached hydrogens (tertiary/aromatic N) is 4. The molecule has 0 saturated carbocycles. The Morgan fingerprint density at radius 2 is 1.96 bits per heavy atom. The number of hydrogen-bond donors (Lipinski definition) is 2. The number of H-pyrrole nitrogens is 1. The van der Waals surface area contributed by atoms with Crippen LogP contribution in [-0.4, -0.2) is 37.6 Å². The topological polar surface area (TPSA) is 78.3 Å². The standard InChI is InChI=1S/C19H24N6O/c1-14-7-9-24(10-8-14)13-16-11-17(26)25-19(21-16)22-18(23-25)20-12-15-5-3-2-4-6-15/h2-6,11,14H,7-10,12-13H2,1H3,(H2,20,21,22,23). The van der Waals surface area contributed by atoms with Crippen molar-refractivity contribution >= 4 is 11.7 Å². The fraction of sp³-hybridized carbons (Fsp3) is 0.421. The minimum Gasteiger partial charge on any atom is -0.351 e. The Labute approximate surface area is 152 Å². The maximum Gasteiger partial charge on any atom is 0.274 e. The molecule has 3 aromatic rings. The summed E-state index contributed by atoms with van der Waals surface area (Å²) in [5.74, 6) is 1.74. The van der Waals surface area contributed by atoms with Gasteiger partial charge in [0.05, 0.1) is 5.69 Å². The van der Waals surface area contributed by atoms with Gasteiger partial charge in [-0.15, -0.1) is 0 Å². The van der Waals surface area contributed by atoms with E-state index in [-0.39, 0.29) is 5.56 Å². The molecule has 0 aliphatic carbocycles. The maximum absolute atomic E-state index is 12.4. The molecule has 1 saturated heterocycles. The van der Waals surface area contributed by atoms with Crippen molar-refractivity contribution in [2.24, 2.45) is 5.92 Å². The lowest BCUT2D eigenvalue weighted by Gasteiger charge is -2.29. The van der Waals surface area contributed by atoms with Crippen LogP contribution in [0.3, 0.4) is 0 Å². The van der Waals surface area contributed by atoms with Gasteiger partial charge in [-0.3, -0.25) is 14.8 Å². The molecule has 1 aliphatic heterocycles. The predicted molar refractivity (Wildman–Crippen MR) is 101 cm³/mol. The Kier molecular flexibility index (Phi) is 4.71. The van der Waals surface area contributed by atoms with Gasteiger partial charge in [0.2, 0.25) is 5.95 Å². The summed E-state index contributed by atoms with van der Waals surface area (Å²) in [5, 5.41) is 6.18. The van der Waals surface area contributed by atoms with Gasteiger partial charge in [0.1, 0.15) is 0 Å². The highest BCUT2D eigenvalue weighted by molar-refractivity contribution is 5.38. The number of benzene rings is 1. The molecule has 3 heterocycles. The van der Waals surface area contributed by atoms with E-state index in [9.17, 15) is 4.79 Å². The van der Waals surface area contributed by atoms with E-state index in [4.69, 9.17) is 0 Å². The third-order valence-corrected chi connectivity index (χ3v) is 4.95. The Balaban J connectivity index is 1.49. The van der Waals surface area contributed by atoms with Gasteiger partial charge in [-0.2, -0.15) is 9.50 Å². The highest BCUT2D eigenvalue weighted by Gasteiger charge is 2.17. The van der Waals surface area contributed by atoms with Crippen molar-refractivity contribution < 1.29 is 0 Å². The fourth-order valence-corrected chi connectivity index (χ4v) is 3.32. The second kappa shape index (κ2) is 7.29. The average Bonchev–Trinajstić information content (AvgIpc) is 3.06. The van der Waals surface area contributed by atoms with E-state index in [0.29, 0.717) is 24.8 Å². The maximum atomic E-state index is 12.4. The molecule has 0 radical (unpaired) electrons. The molecule has 136 valence electrons. The van der Waals surface area contributed by atoms with E-state index in [1.165, 1.54) is 17.4 Å². The molecule has 0 amide bonds. The summed E-state index contributed by atoms with van der Waals surface area (Å²) in [5.41, 5.74) is 1.80. The van der Waals surface area contributed by atoms with Crippen molar-refractivity contribution in [3.63, 3.8) is 0 Å². The van der Waals surface area contributed by atoms with Crippen LogP contribution in [0.4, 0.5) is 5.95 Å². The molecule has 0 spiro atoms. The second-order valence-electron chi connectivity index (χ2n) is 7.09. The summed E-state index contributed by atoms with van der Waals surface area (Å²) in [6, 6.07) is 11.7. The van der Waals surface area contributed by atoms with Crippen molar-refractivity contribution in [1.29, 1.82) is 0 Å². The highest BCUT2D eigenvalue weighted by atomic mass is 16.1. The zero-order chi connectivity index (χ0) is 17.9. The lowest BCUT2D eigenvalue weighted by atomic mass is 9.99. The first kappa shape index (κ1) is 16.8. The number of nitrogens with one attached hydrogen (secondary N) is 2. The lowest BCUT2D eigenvalue weighted by Crippen LogP contribution is -2.33. The number of aromatic nitrogens is 4. The quantitative estimate of drug-likeness (QED) is 0.736. The molecule has 1 aromatic carbocycles. The largest absolute Gasteiger partial charge is 0.351 e. The molecule has 0 unspecified atom stereocenters. The van der Waals surface area contributed by atoms with Gasteiger partial charge in [0.25, 0.3) is 11.3 Å². The Bertz CT molecular complexity index is 924. The summed E-state index contributed by atoms with van der Waals surface area (Å²) in [7, 11) is 0. The zero-order valence-electron chi connectivity index (χ0n) is 15.0. The van der Waals surface area contributed by atoms with E-state index in [1.54, 1.807) is 6.07 Å². The van der Waals surface area contributed by atoms with E-state index >= 15 is 0 Å². The normalized spacial score (nSPS) is 16.2. The van der Waals surface area contributed by atoms with Gasteiger partial charge < -0.3 is 5.32 Å². The van der Waals surface area contributed by atoms with Gasteiger partial charge in [-0.1, -0.05) is 37.3 Å². The first-order chi connectivity index (χ1) is 12.7. The molecular weight excluding hydrogens is 328 g/mol. The first-order valence-electron chi connectivity index (χ1n) is 9.16. The van der Waals surface area contributed by atoms with Gasteiger partial charge >= 0.3 is 0 Å². The molecule has 0 bridgehead atoms. The van der Waals surface area contributed by atoms with Gasteiger partial charge in [-0.25, -0.2) is 4.98 Å². The molecule has 7 heteroatoms. The van der Waals surface area contributed by atoms with Crippen LogP contribution < -0.4 is 10.9 Å². The van der Waals surface area contributed by atoms with Gasteiger partial charge in [0, 0.05) is 19.2 Å². The summed E-state index contributed by atoms with van der Waals surface area (Å²) < 4.78 is 1.38. The molecule has 1 fully saturated rings.